The Morgan fingerprint density at radius 2 is 1.97 bits per heavy atom. The normalized spacial score (nSPS) is 18.7. The zero-order valence-corrected chi connectivity index (χ0v) is 22.3. The molecule has 1 saturated heterocycles. The Kier molecular flexibility index (Phi) is 12.3. The first-order valence-electron chi connectivity index (χ1n) is 12.0. The predicted molar refractivity (Wildman–Crippen MR) is 137 cm³/mol. The maximum atomic E-state index is 12.6. The Bertz CT molecular complexity index is 1100. The van der Waals surface area contributed by atoms with Crippen LogP contribution in [0.4, 0.5) is 0 Å². The minimum absolute atomic E-state index is 0.0220. The van der Waals surface area contributed by atoms with Crippen molar-refractivity contribution in [3.63, 3.8) is 0 Å². The van der Waals surface area contributed by atoms with Crippen LogP contribution in [0.1, 0.15) is 44.6 Å². The van der Waals surface area contributed by atoms with Crippen molar-refractivity contribution < 1.29 is 43.2 Å². The summed E-state index contributed by atoms with van der Waals surface area (Å²) in [6, 6.07) is 7.22. The predicted octanol–water partition coefficient (Wildman–Crippen LogP) is 2.43. The average Bonchev–Trinajstić information content (AvgIpc) is 3.32. The van der Waals surface area contributed by atoms with E-state index in [9.17, 15) is 19.2 Å². The number of hydrogen-bond acceptors (Lipinski definition) is 10. The molecule has 0 aromatic heterocycles. The molecule has 11 nitrogen and oxygen atoms in total. The van der Waals surface area contributed by atoms with Gasteiger partial charge in [0, 0.05) is 41.7 Å². The summed E-state index contributed by atoms with van der Waals surface area (Å²) in [7, 11) is 1.32. The number of methoxy groups -OCH3 is 1. The van der Waals surface area contributed by atoms with Gasteiger partial charge in [-0.1, -0.05) is 29.8 Å². The van der Waals surface area contributed by atoms with E-state index in [0.29, 0.717) is 52.7 Å². The van der Waals surface area contributed by atoms with Crippen molar-refractivity contribution in [3.05, 3.63) is 57.4 Å². The van der Waals surface area contributed by atoms with E-state index in [1.54, 1.807) is 26.0 Å². The second-order valence-electron chi connectivity index (χ2n) is 8.29. The van der Waals surface area contributed by atoms with E-state index in [-0.39, 0.29) is 26.1 Å². The summed E-state index contributed by atoms with van der Waals surface area (Å²) in [5.74, 6) is -2.94. The topological polar surface area (TPSA) is 163 Å². The number of carboxylic acid groups (broad SMARTS) is 1. The zero-order chi connectivity index (χ0) is 28.2. The number of benzene rings is 1. The largest absolute Gasteiger partial charge is 0.479 e. The van der Waals surface area contributed by atoms with Gasteiger partial charge in [-0.15, -0.1) is 0 Å². The third-order valence-electron chi connectivity index (χ3n) is 5.70. The molecule has 0 radical (unpaired) electrons. The van der Waals surface area contributed by atoms with Crippen LogP contribution in [0.5, 0.6) is 0 Å². The highest BCUT2D eigenvalue weighted by Gasteiger charge is 2.36. The number of rotatable bonds is 10. The molecule has 0 spiro atoms. The van der Waals surface area contributed by atoms with Gasteiger partial charge >= 0.3 is 23.9 Å². The third kappa shape index (κ3) is 8.30. The molecule has 0 amide bonds. The van der Waals surface area contributed by atoms with E-state index >= 15 is 0 Å². The van der Waals surface area contributed by atoms with Crippen LogP contribution in [-0.2, 0) is 38.1 Å². The highest BCUT2D eigenvalue weighted by molar-refractivity contribution is 6.31. The third-order valence-corrected chi connectivity index (χ3v) is 6.04. The van der Waals surface area contributed by atoms with Crippen LogP contribution in [0.3, 0.4) is 0 Å². The number of carbonyl (C=O) groups is 4. The van der Waals surface area contributed by atoms with Crippen LogP contribution >= 0.6 is 11.6 Å². The molecule has 1 aromatic rings. The minimum Gasteiger partial charge on any atom is -0.479 e. The van der Waals surface area contributed by atoms with Crippen LogP contribution in [0.2, 0.25) is 5.02 Å². The van der Waals surface area contributed by atoms with Gasteiger partial charge in [-0.05, 0) is 31.1 Å². The number of allylic oxidation sites excluding steroid dienone is 1. The summed E-state index contributed by atoms with van der Waals surface area (Å²) in [6.45, 7) is 4.72. The number of halogens is 1. The number of carbonyl (C=O) groups excluding carboxylic acids is 3. The van der Waals surface area contributed by atoms with Crippen molar-refractivity contribution >= 4 is 35.5 Å². The van der Waals surface area contributed by atoms with Crippen molar-refractivity contribution in [2.24, 2.45) is 5.73 Å². The second kappa shape index (κ2) is 15.1. The van der Waals surface area contributed by atoms with E-state index in [4.69, 9.17) is 36.7 Å². The number of esters is 3. The van der Waals surface area contributed by atoms with Gasteiger partial charge < -0.3 is 35.1 Å². The summed E-state index contributed by atoms with van der Waals surface area (Å²) in [5.41, 5.74) is 8.56. The van der Waals surface area contributed by atoms with E-state index in [1.165, 1.54) is 7.11 Å². The Morgan fingerprint density at radius 3 is 2.50 bits per heavy atom. The van der Waals surface area contributed by atoms with Gasteiger partial charge in [0.25, 0.3) is 0 Å². The fourth-order valence-electron chi connectivity index (χ4n) is 4.03. The van der Waals surface area contributed by atoms with Crippen molar-refractivity contribution in [2.75, 3.05) is 33.5 Å². The molecule has 12 heteroatoms. The number of aliphatic carboxylic acids is 1. The van der Waals surface area contributed by atoms with Gasteiger partial charge in [-0.3, -0.25) is 9.59 Å². The molecule has 3 rings (SSSR count). The lowest BCUT2D eigenvalue weighted by Gasteiger charge is -2.32. The summed E-state index contributed by atoms with van der Waals surface area (Å²) < 4.78 is 20.2. The van der Waals surface area contributed by atoms with Crippen molar-refractivity contribution in [2.45, 2.75) is 45.1 Å². The van der Waals surface area contributed by atoms with Crippen molar-refractivity contribution in [1.29, 1.82) is 0 Å². The lowest BCUT2D eigenvalue weighted by atomic mass is 9.79. The number of cyclic esters (lactones) is 1. The smallest absolute Gasteiger partial charge is 0.345 e. The van der Waals surface area contributed by atoms with Crippen LogP contribution in [-0.4, -0.2) is 68.6 Å². The fraction of sp³-hybridized carbons (Fsp3) is 0.462. The lowest BCUT2D eigenvalue weighted by molar-refractivity contribution is -0.156. The molecule has 0 aliphatic carbocycles. The first-order chi connectivity index (χ1) is 18.1. The highest BCUT2D eigenvalue weighted by Crippen LogP contribution is 2.42. The minimum atomic E-state index is -1.05. The molecule has 4 N–H and O–H groups in total. The van der Waals surface area contributed by atoms with E-state index < -0.39 is 35.9 Å². The van der Waals surface area contributed by atoms with Crippen LogP contribution in [0.15, 0.2) is 46.8 Å². The average molecular weight is 553 g/mol. The summed E-state index contributed by atoms with van der Waals surface area (Å²) >= 11 is 6.47. The molecule has 38 heavy (non-hydrogen) atoms. The molecule has 208 valence electrons. The van der Waals surface area contributed by atoms with E-state index in [0.717, 1.165) is 0 Å². The fourth-order valence-corrected chi connectivity index (χ4v) is 4.28. The number of hydrogen-bond donors (Lipinski definition) is 3. The molecule has 1 fully saturated rings. The Morgan fingerprint density at radius 1 is 1.26 bits per heavy atom. The number of nitrogens with two attached hydrogens (primary N) is 1. The standard InChI is InChI=1S/C21H27ClN2O5.C5H6O4/c1-4-29-18(25)11-15-17(12-28-10-9-23)24-13(2)19(21(26)27-3)20(15)14-7-5-6-8-16(14)22;6-4-2-1-3(9-4)5(7)8/h5-8,20,24H,4,9-12,23H2,1-3H3;3H,1-2H2,(H,7,8)/t;3-/m.1/s1. The SMILES string of the molecule is CCOC(=O)CC1=C(COCCN)NC(C)=C(C(=O)OC)C1c1ccccc1Cl.O=C1CC[C@H](C(=O)O)O1. The molecule has 2 heterocycles. The van der Waals surface area contributed by atoms with E-state index in [2.05, 4.69) is 10.1 Å². The van der Waals surface area contributed by atoms with Gasteiger partial charge in [-0.2, -0.15) is 0 Å². The number of carboxylic acids is 1. The monoisotopic (exact) mass is 552 g/mol. The summed E-state index contributed by atoms with van der Waals surface area (Å²) in [4.78, 5) is 45.4. The molecule has 2 aliphatic rings. The van der Waals surface area contributed by atoms with Crippen molar-refractivity contribution in [3.8, 4) is 0 Å². The van der Waals surface area contributed by atoms with Crippen LogP contribution in [0.25, 0.3) is 0 Å². The molecule has 1 aromatic carbocycles. The van der Waals surface area contributed by atoms with Crippen LogP contribution in [0, 0.1) is 0 Å². The molecule has 0 saturated carbocycles. The van der Waals surface area contributed by atoms with Gasteiger partial charge in [0.1, 0.15) is 0 Å². The van der Waals surface area contributed by atoms with Gasteiger partial charge in [0.05, 0.1) is 38.9 Å². The zero-order valence-electron chi connectivity index (χ0n) is 21.6. The van der Waals surface area contributed by atoms with Gasteiger partial charge in [-0.25, -0.2) is 9.59 Å². The molecule has 2 aliphatic heterocycles. The van der Waals surface area contributed by atoms with E-state index in [1.807, 2.05) is 12.1 Å². The quantitative estimate of drug-likeness (QED) is 0.222. The second-order valence-corrected chi connectivity index (χ2v) is 8.70. The molecular formula is C26H33ClN2O9. The summed E-state index contributed by atoms with van der Waals surface area (Å²) in [6.07, 6.45) is -0.366. The molecule has 1 unspecified atom stereocenters. The summed E-state index contributed by atoms with van der Waals surface area (Å²) in [5, 5.41) is 11.9. The first-order valence-corrected chi connectivity index (χ1v) is 12.4. The molecule has 2 atom stereocenters. The highest BCUT2D eigenvalue weighted by atomic mass is 35.5. The van der Waals surface area contributed by atoms with Gasteiger partial charge in [0.15, 0.2) is 6.10 Å². The Hall–Kier alpha value is -3.41. The Labute approximate surface area is 225 Å². The van der Waals surface area contributed by atoms with Crippen LogP contribution < -0.4 is 11.1 Å². The number of dihydropyridines is 1. The number of nitrogens with one attached hydrogen (secondary N) is 1. The molecular weight excluding hydrogens is 520 g/mol. The van der Waals surface area contributed by atoms with Crippen molar-refractivity contribution in [1.82, 2.24) is 5.32 Å². The maximum absolute atomic E-state index is 12.6. The lowest BCUT2D eigenvalue weighted by Crippen LogP contribution is -2.32. The maximum Gasteiger partial charge on any atom is 0.345 e. The Balaban J connectivity index is 0.000000474. The number of ether oxygens (including phenoxy) is 4. The van der Waals surface area contributed by atoms with Gasteiger partial charge in [0.2, 0.25) is 0 Å². The molecule has 0 bridgehead atoms. The first kappa shape index (κ1) is 30.8.